The molecular weight excluding hydrogens is 416 g/mol. The van der Waals surface area contributed by atoms with Crippen molar-refractivity contribution in [3.8, 4) is 11.6 Å². The van der Waals surface area contributed by atoms with Crippen molar-refractivity contribution in [2.24, 2.45) is 7.05 Å². The molecule has 2 heterocycles. The molecule has 2 aromatic heterocycles. The molecule has 8 nitrogen and oxygen atoms in total. The van der Waals surface area contributed by atoms with Crippen molar-refractivity contribution in [1.82, 2.24) is 19.1 Å². The molecule has 0 unspecified atom stereocenters. The highest BCUT2D eigenvalue weighted by Crippen LogP contribution is 2.27. The van der Waals surface area contributed by atoms with E-state index in [0.717, 1.165) is 46.6 Å². The Bertz CT molecular complexity index is 1220. The number of aromatic nitrogens is 3. The zero-order valence-corrected chi connectivity index (χ0v) is 19.1. The fraction of sp³-hybridized carbons (Fsp3) is 0.364. The second-order valence-electron chi connectivity index (χ2n) is 7.38. The second kappa shape index (κ2) is 9.38. The van der Waals surface area contributed by atoms with Crippen molar-refractivity contribution in [3.05, 3.63) is 47.8 Å². The third-order valence-electron chi connectivity index (χ3n) is 5.04. The topological polar surface area (TPSA) is 95.2 Å². The van der Waals surface area contributed by atoms with Gasteiger partial charge in [0.25, 0.3) is 5.91 Å². The van der Waals surface area contributed by atoms with Gasteiger partial charge in [0.05, 0.1) is 24.1 Å². The van der Waals surface area contributed by atoms with Gasteiger partial charge in [-0.25, -0.2) is 13.1 Å². The van der Waals surface area contributed by atoms with Gasteiger partial charge in [-0.05, 0) is 43.7 Å². The average Bonchev–Trinajstić information content (AvgIpc) is 3.24. The Balaban J connectivity index is 1.88. The van der Waals surface area contributed by atoms with Gasteiger partial charge in [-0.1, -0.05) is 19.8 Å². The molecule has 0 aliphatic rings. The Morgan fingerprint density at radius 3 is 2.74 bits per heavy atom. The number of fused-ring (bicyclic) bond motifs is 1. The summed E-state index contributed by atoms with van der Waals surface area (Å²) in [5.41, 5.74) is 2.42. The van der Waals surface area contributed by atoms with Crippen LogP contribution in [-0.4, -0.2) is 41.5 Å². The van der Waals surface area contributed by atoms with Crippen LogP contribution in [0.1, 0.15) is 37.4 Å². The minimum Gasteiger partial charge on any atom is -0.497 e. The van der Waals surface area contributed by atoms with Crippen molar-refractivity contribution in [2.75, 3.05) is 12.9 Å². The van der Waals surface area contributed by atoms with Crippen LogP contribution in [0.25, 0.3) is 22.8 Å². The fourth-order valence-corrected chi connectivity index (χ4v) is 4.58. The lowest BCUT2D eigenvalue weighted by Crippen LogP contribution is -2.31. The zero-order chi connectivity index (χ0) is 22.6. The molecule has 1 N–H and O–H groups in total. The number of hydrogen-bond donors (Lipinski definition) is 1. The van der Waals surface area contributed by atoms with Crippen LogP contribution in [0, 0.1) is 6.92 Å². The predicted molar refractivity (Wildman–Crippen MR) is 122 cm³/mol. The summed E-state index contributed by atoms with van der Waals surface area (Å²) in [6.45, 7) is 3.84. The van der Waals surface area contributed by atoms with Crippen molar-refractivity contribution >= 4 is 32.9 Å². The van der Waals surface area contributed by atoms with Crippen molar-refractivity contribution in [1.29, 1.82) is 0 Å². The standard InChI is InChI=1S/C22H28N4O4S/c1-5-6-7-14-31(28,29)24-21(27)11-9-19-16(2)23-25(3)22(19)26-13-12-17-15-18(30-4)8-10-20(17)26/h8-13,15H,5-7,14H2,1-4H3,(H,24,27). The fourth-order valence-electron chi connectivity index (χ4n) is 3.51. The summed E-state index contributed by atoms with van der Waals surface area (Å²) in [6, 6.07) is 7.76. The lowest BCUT2D eigenvalue weighted by Gasteiger charge is -2.09. The molecule has 3 rings (SSSR count). The Hall–Kier alpha value is -3.07. The minimum atomic E-state index is -3.64. The Labute approximate surface area is 182 Å². The molecule has 3 aromatic rings. The molecule has 0 atom stereocenters. The molecule has 0 radical (unpaired) electrons. The van der Waals surface area contributed by atoms with Crippen molar-refractivity contribution in [2.45, 2.75) is 33.1 Å². The van der Waals surface area contributed by atoms with Crippen LogP contribution in [0.3, 0.4) is 0 Å². The van der Waals surface area contributed by atoms with Gasteiger partial charge in [0.2, 0.25) is 10.0 Å². The highest BCUT2D eigenvalue weighted by Gasteiger charge is 2.17. The first kappa shape index (κ1) is 22.6. The van der Waals surface area contributed by atoms with Gasteiger partial charge in [-0.15, -0.1) is 0 Å². The normalized spacial score (nSPS) is 12.0. The summed E-state index contributed by atoms with van der Waals surface area (Å²) < 4.78 is 35.2. The summed E-state index contributed by atoms with van der Waals surface area (Å²) in [5, 5.41) is 5.48. The first-order valence-corrected chi connectivity index (χ1v) is 11.8. The van der Waals surface area contributed by atoms with Gasteiger partial charge in [-0.2, -0.15) is 5.10 Å². The third-order valence-corrected chi connectivity index (χ3v) is 6.38. The number of carbonyl (C=O) groups excluding carboxylic acids is 1. The molecule has 1 aromatic carbocycles. The molecule has 0 saturated heterocycles. The van der Waals surface area contributed by atoms with Crippen LogP contribution in [0.2, 0.25) is 0 Å². The van der Waals surface area contributed by atoms with Crippen LogP contribution in [-0.2, 0) is 21.9 Å². The smallest absolute Gasteiger partial charge is 0.257 e. The molecular formula is C22H28N4O4S. The number of nitrogens with one attached hydrogen (secondary N) is 1. The molecule has 0 fully saturated rings. The van der Waals surface area contributed by atoms with Gasteiger partial charge < -0.3 is 9.30 Å². The molecule has 0 spiro atoms. The number of aryl methyl sites for hydroxylation is 2. The van der Waals surface area contributed by atoms with Crippen molar-refractivity contribution in [3.63, 3.8) is 0 Å². The van der Waals surface area contributed by atoms with Gasteiger partial charge in [-0.3, -0.25) is 9.48 Å². The highest BCUT2D eigenvalue weighted by molar-refractivity contribution is 7.90. The molecule has 0 aliphatic carbocycles. The summed E-state index contributed by atoms with van der Waals surface area (Å²) in [6.07, 6.45) is 7.01. The molecule has 31 heavy (non-hydrogen) atoms. The number of sulfonamides is 1. The summed E-state index contributed by atoms with van der Waals surface area (Å²) >= 11 is 0. The number of carbonyl (C=O) groups is 1. The van der Waals surface area contributed by atoms with E-state index in [2.05, 4.69) is 9.82 Å². The lowest BCUT2D eigenvalue weighted by atomic mass is 10.2. The maximum Gasteiger partial charge on any atom is 0.257 e. The molecule has 1 amide bonds. The minimum absolute atomic E-state index is 0.0591. The first-order valence-electron chi connectivity index (χ1n) is 10.2. The number of ether oxygens (including phenoxy) is 1. The van der Waals surface area contributed by atoms with Gasteiger partial charge in [0, 0.05) is 30.3 Å². The van der Waals surface area contributed by atoms with Crippen LogP contribution in [0.15, 0.2) is 36.5 Å². The number of methoxy groups -OCH3 is 1. The largest absolute Gasteiger partial charge is 0.497 e. The van der Waals surface area contributed by atoms with Crippen LogP contribution in [0.5, 0.6) is 5.75 Å². The van der Waals surface area contributed by atoms with E-state index in [1.165, 1.54) is 6.08 Å². The third kappa shape index (κ3) is 5.16. The van der Waals surface area contributed by atoms with E-state index in [0.29, 0.717) is 6.42 Å². The maximum atomic E-state index is 12.2. The molecule has 0 bridgehead atoms. The number of unbranched alkanes of at least 4 members (excludes halogenated alkanes) is 2. The van der Waals surface area contributed by atoms with E-state index in [1.54, 1.807) is 17.9 Å². The van der Waals surface area contributed by atoms with Crippen LogP contribution >= 0.6 is 0 Å². The Morgan fingerprint density at radius 2 is 2.03 bits per heavy atom. The number of hydrogen-bond acceptors (Lipinski definition) is 5. The Morgan fingerprint density at radius 1 is 1.26 bits per heavy atom. The van der Waals surface area contributed by atoms with Crippen LogP contribution in [0.4, 0.5) is 0 Å². The van der Waals surface area contributed by atoms with Gasteiger partial charge >= 0.3 is 0 Å². The molecule has 9 heteroatoms. The zero-order valence-electron chi connectivity index (χ0n) is 18.3. The first-order chi connectivity index (χ1) is 14.8. The molecule has 0 aliphatic heterocycles. The number of amides is 1. The number of benzene rings is 1. The molecule has 166 valence electrons. The quantitative estimate of drug-likeness (QED) is 0.403. The highest BCUT2D eigenvalue weighted by atomic mass is 32.2. The average molecular weight is 445 g/mol. The van der Waals surface area contributed by atoms with E-state index in [-0.39, 0.29) is 5.75 Å². The van der Waals surface area contributed by atoms with Crippen molar-refractivity contribution < 1.29 is 17.9 Å². The second-order valence-corrected chi connectivity index (χ2v) is 9.22. The van der Waals surface area contributed by atoms with Gasteiger partial charge in [0.15, 0.2) is 0 Å². The molecule has 0 saturated carbocycles. The SMILES string of the molecule is CCCCCS(=O)(=O)NC(=O)C=Cc1c(C)nn(C)c1-n1ccc2cc(OC)ccc21. The summed E-state index contributed by atoms with van der Waals surface area (Å²) in [4.78, 5) is 12.2. The van der Waals surface area contributed by atoms with Crippen LogP contribution < -0.4 is 9.46 Å². The summed E-state index contributed by atoms with van der Waals surface area (Å²) in [5.74, 6) is 0.805. The van der Waals surface area contributed by atoms with E-state index in [4.69, 9.17) is 4.74 Å². The van der Waals surface area contributed by atoms with E-state index in [9.17, 15) is 13.2 Å². The van der Waals surface area contributed by atoms with E-state index in [1.807, 2.05) is 55.9 Å². The van der Waals surface area contributed by atoms with Gasteiger partial charge in [0.1, 0.15) is 11.6 Å². The van der Waals surface area contributed by atoms with E-state index >= 15 is 0 Å². The van der Waals surface area contributed by atoms with E-state index < -0.39 is 15.9 Å². The number of rotatable bonds is 9. The lowest BCUT2D eigenvalue weighted by molar-refractivity contribution is -0.114. The monoisotopic (exact) mass is 444 g/mol. The predicted octanol–water partition coefficient (Wildman–Crippen LogP) is 3.33. The Kier molecular flexibility index (Phi) is 6.84. The maximum absolute atomic E-state index is 12.2. The summed E-state index contributed by atoms with van der Waals surface area (Å²) in [7, 11) is -0.188. The number of nitrogens with zero attached hydrogens (tertiary/aromatic N) is 3.